The van der Waals surface area contributed by atoms with E-state index in [4.69, 9.17) is 4.74 Å². The van der Waals surface area contributed by atoms with Gasteiger partial charge in [0.1, 0.15) is 17.3 Å². The van der Waals surface area contributed by atoms with Crippen LogP contribution < -0.4 is 15.2 Å². The fourth-order valence-electron chi connectivity index (χ4n) is 4.84. The standard InChI is InChI=1S/C26H28F2N4O5S2/c27-19-14-20(28)16-21(15-19)32-26(33)25(37-22-6-4-5-7-22)24(17-29-32)30-10-12-31(13-11-30)39(35,36)18-38(34)23-8-2-1-3-9-23/h1-3,8-9,14-17,22H,4-7,10-13,18H2. The molecule has 9 nitrogen and oxygen atoms in total. The number of aromatic nitrogens is 2. The SMILES string of the molecule is O=c1c(OC2CCCC2)c(N2CCN(S(=O)(=O)C[S+]([O-])c3ccccc3)CC2)cnn1-c1cc(F)cc(F)c1. The van der Waals surface area contributed by atoms with Crippen LogP contribution in [0.1, 0.15) is 25.7 Å². The fourth-order valence-corrected chi connectivity index (χ4v) is 8.24. The van der Waals surface area contributed by atoms with Crippen molar-refractivity contribution in [3.63, 3.8) is 0 Å². The highest BCUT2D eigenvalue weighted by atomic mass is 32.3. The number of rotatable bonds is 8. The van der Waals surface area contributed by atoms with Crippen LogP contribution in [0.15, 0.2) is 64.4 Å². The van der Waals surface area contributed by atoms with E-state index in [0.29, 0.717) is 16.6 Å². The molecule has 13 heteroatoms. The zero-order valence-corrected chi connectivity index (χ0v) is 22.7. The van der Waals surface area contributed by atoms with E-state index in [1.165, 1.54) is 10.5 Å². The quantitative estimate of drug-likeness (QED) is 0.378. The molecule has 0 amide bonds. The van der Waals surface area contributed by atoms with Crippen molar-refractivity contribution in [3.05, 3.63) is 76.7 Å². The molecule has 1 aromatic heterocycles. The van der Waals surface area contributed by atoms with Gasteiger partial charge < -0.3 is 14.2 Å². The Labute approximate surface area is 228 Å². The summed E-state index contributed by atoms with van der Waals surface area (Å²) in [6, 6.07) is 11.2. The van der Waals surface area contributed by atoms with Gasteiger partial charge in [-0.25, -0.2) is 17.2 Å². The topological polar surface area (TPSA) is 108 Å². The molecule has 2 heterocycles. The number of hydrogen-bond acceptors (Lipinski definition) is 7. The van der Waals surface area contributed by atoms with E-state index in [0.717, 1.165) is 42.5 Å². The Morgan fingerprint density at radius 1 is 1.00 bits per heavy atom. The molecule has 1 aliphatic heterocycles. The zero-order chi connectivity index (χ0) is 27.6. The second-order valence-corrected chi connectivity index (χ2v) is 13.3. The van der Waals surface area contributed by atoms with Crippen LogP contribution in [0.2, 0.25) is 0 Å². The van der Waals surface area contributed by atoms with Crippen LogP contribution >= 0.6 is 0 Å². The molecule has 2 fully saturated rings. The summed E-state index contributed by atoms with van der Waals surface area (Å²) in [5.41, 5.74) is -0.328. The molecule has 1 aliphatic carbocycles. The van der Waals surface area contributed by atoms with Crippen LogP contribution in [0.5, 0.6) is 5.75 Å². The van der Waals surface area contributed by atoms with Crippen molar-refractivity contribution in [2.75, 3.05) is 36.2 Å². The molecule has 0 spiro atoms. The summed E-state index contributed by atoms with van der Waals surface area (Å²) in [4.78, 5) is 15.7. The van der Waals surface area contributed by atoms with Gasteiger partial charge in [-0.3, -0.25) is 4.79 Å². The van der Waals surface area contributed by atoms with Crippen LogP contribution in [0.3, 0.4) is 0 Å². The van der Waals surface area contributed by atoms with E-state index in [2.05, 4.69) is 5.10 Å². The van der Waals surface area contributed by atoms with Crippen molar-refractivity contribution in [2.24, 2.45) is 0 Å². The Balaban J connectivity index is 1.37. The first-order chi connectivity index (χ1) is 18.7. The van der Waals surface area contributed by atoms with Crippen LogP contribution in [0, 0.1) is 11.6 Å². The molecule has 1 saturated carbocycles. The molecular weight excluding hydrogens is 550 g/mol. The third-order valence-electron chi connectivity index (χ3n) is 6.83. The minimum absolute atomic E-state index is 0.0167. The monoisotopic (exact) mass is 578 g/mol. The first-order valence-corrected chi connectivity index (χ1v) is 15.6. The van der Waals surface area contributed by atoms with E-state index in [-0.39, 0.29) is 43.7 Å². The van der Waals surface area contributed by atoms with E-state index >= 15 is 0 Å². The zero-order valence-electron chi connectivity index (χ0n) is 21.0. The molecule has 2 aromatic carbocycles. The lowest BCUT2D eigenvalue weighted by atomic mass is 10.2. The highest BCUT2D eigenvalue weighted by Crippen LogP contribution is 2.30. The molecule has 39 heavy (non-hydrogen) atoms. The predicted octanol–water partition coefficient (Wildman–Crippen LogP) is 3.05. The van der Waals surface area contributed by atoms with Gasteiger partial charge in [0.25, 0.3) is 10.0 Å². The van der Waals surface area contributed by atoms with Crippen molar-refractivity contribution in [3.8, 4) is 11.4 Å². The minimum Gasteiger partial charge on any atom is -0.611 e. The van der Waals surface area contributed by atoms with E-state index in [1.807, 2.05) is 4.90 Å². The molecule has 1 unspecified atom stereocenters. The molecule has 0 radical (unpaired) electrons. The second-order valence-electron chi connectivity index (χ2n) is 9.50. The van der Waals surface area contributed by atoms with Crippen LogP contribution in [-0.4, -0.2) is 64.4 Å². The lowest BCUT2D eigenvalue weighted by Crippen LogP contribution is -2.50. The molecule has 2 aliphatic rings. The first-order valence-electron chi connectivity index (χ1n) is 12.6. The Morgan fingerprint density at radius 3 is 2.28 bits per heavy atom. The van der Waals surface area contributed by atoms with Crippen molar-refractivity contribution >= 4 is 26.9 Å². The highest BCUT2D eigenvalue weighted by Gasteiger charge is 2.33. The Kier molecular flexibility index (Phi) is 8.21. The van der Waals surface area contributed by atoms with Crippen LogP contribution in [-0.2, 0) is 21.2 Å². The fraction of sp³-hybridized carbons (Fsp3) is 0.385. The second kappa shape index (κ2) is 11.6. The van der Waals surface area contributed by atoms with Crippen molar-refractivity contribution in [1.82, 2.24) is 14.1 Å². The van der Waals surface area contributed by atoms with Crippen molar-refractivity contribution < 1.29 is 26.5 Å². The lowest BCUT2D eigenvalue weighted by Gasteiger charge is -2.35. The summed E-state index contributed by atoms with van der Waals surface area (Å²) < 4.78 is 74.6. The van der Waals surface area contributed by atoms with Crippen LogP contribution in [0.25, 0.3) is 5.69 Å². The number of piperazine rings is 1. The molecule has 208 valence electrons. The van der Waals surface area contributed by atoms with E-state index in [9.17, 15) is 26.5 Å². The average molecular weight is 579 g/mol. The van der Waals surface area contributed by atoms with Crippen molar-refractivity contribution in [2.45, 2.75) is 36.7 Å². The van der Waals surface area contributed by atoms with Gasteiger partial charge in [0.05, 0.1) is 18.0 Å². The van der Waals surface area contributed by atoms with Gasteiger partial charge in [-0.1, -0.05) is 18.2 Å². The Hall–Kier alpha value is -3.00. The molecule has 0 N–H and O–H groups in total. The number of sulfonamides is 1. The summed E-state index contributed by atoms with van der Waals surface area (Å²) in [6.45, 7) is 0.737. The lowest BCUT2D eigenvalue weighted by molar-refractivity contribution is 0.205. The summed E-state index contributed by atoms with van der Waals surface area (Å²) in [5, 5.41) is 3.64. The average Bonchev–Trinajstić information content (AvgIpc) is 3.43. The molecule has 1 saturated heterocycles. The van der Waals surface area contributed by atoms with Gasteiger partial charge in [-0.15, -0.1) is 0 Å². The summed E-state index contributed by atoms with van der Waals surface area (Å²) in [6.07, 6.45) is 4.72. The van der Waals surface area contributed by atoms with Gasteiger partial charge in [-0.05, 0) is 49.9 Å². The van der Waals surface area contributed by atoms with Gasteiger partial charge >= 0.3 is 5.56 Å². The maximum Gasteiger partial charge on any atom is 0.316 e. The number of hydrogen-bond donors (Lipinski definition) is 0. The Bertz CT molecular complexity index is 1460. The van der Waals surface area contributed by atoms with Crippen LogP contribution in [0.4, 0.5) is 14.5 Å². The maximum absolute atomic E-state index is 13.9. The summed E-state index contributed by atoms with van der Waals surface area (Å²) >= 11 is -1.70. The number of nitrogens with zero attached hydrogens (tertiary/aromatic N) is 4. The highest BCUT2D eigenvalue weighted by molar-refractivity contribution is 8.07. The number of benzene rings is 2. The van der Waals surface area contributed by atoms with Gasteiger partial charge in [-0.2, -0.15) is 14.1 Å². The summed E-state index contributed by atoms with van der Waals surface area (Å²) in [5.74, 6) is -1.67. The minimum atomic E-state index is -3.80. The molecule has 0 bridgehead atoms. The third-order valence-corrected chi connectivity index (χ3v) is 10.8. The van der Waals surface area contributed by atoms with Gasteiger partial charge in [0.15, 0.2) is 4.90 Å². The smallest absolute Gasteiger partial charge is 0.316 e. The third kappa shape index (κ3) is 6.26. The normalized spacial score (nSPS) is 17.9. The molecule has 5 rings (SSSR count). The number of anilines is 1. The molecule has 1 atom stereocenters. The van der Waals surface area contributed by atoms with Gasteiger partial charge in [0, 0.05) is 43.4 Å². The largest absolute Gasteiger partial charge is 0.611 e. The number of ether oxygens (including phenoxy) is 1. The predicted molar refractivity (Wildman–Crippen MR) is 143 cm³/mol. The van der Waals surface area contributed by atoms with Crippen molar-refractivity contribution in [1.29, 1.82) is 0 Å². The first kappa shape index (κ1) is 27.6. The maximum atomic E-state index is 13.9. The molecular formula is C26H28F2N4O5S2. The number of halogens is 2. The Morgan fingerprint density at radius 2 is 1.64 bits per heavy atom. The van der Waals surface area contributed by atoms with Gasteiger partial charge in [0.2, 0.25) is 10.8 Å². The summed E-state index contributed by atoms with van der Waals surface area (Å²) in [7, 11) is -3.80. The van der Waals surface area contributed by atoms with E-state index in [1.54, 1.807) is 30.3 Å². The van der Waals surface area contributed by atoms with E-state index < -0.39 is 43.5 Å². The molecule has 3 aromatic rings.